The van der Waals surface area contributed by atoms with Crippen LogP contribution in [0.25, 0.3) is 11.0 Å². The van der Waals surface area contributed by atoms with Crippen LogP contribution >= 0.6 is 0 Å². The molecule has 1 spiro atoms. The number of hydrogen-bond donors (Lipinski definition) is 1. The molecule has 2 aromatic heterocycles. The quantitative estimate of drug-likeness (QED) is 0.732. The van der Waals surface area contributed by atoms with Gasteiger partial charge in [-0.1, -0.05) is 0 Å². The lowest BCUT2D eigenvalue weighted by Crippen LogP contribution is -2.63. The van der Waals surface area contributed by atoms with E-state index in [0.29, 0.717) is 37.6 Å². The Morgan fingerprint density at radius 3 is 2.64 bits per heavy atom. The van der Waals surface area contributed by atoms with E-state index >= 15 is 0 Å². The number of pyridine rings is 1. The molecule has 2 fully saturated rings. The topological polar surface area (TPSA) is 101 Å². The zero-order valence-corrected chi connectivity index (χ0v) is 16.4. The Balaban J connectivity index is 1.78. The SMILES string of the molecule is Cc1cc(C(=O)N2CCN(C)C3(CCOCC3)C2)c2c(=O)[nH]c(=O)n(C)c2n1. The lowest BCUT2D eigenvalue weighted by Gasteiger charge is -2.51. The Bertz CT molecular complexity index is 1050. The van der Waals surface area contributed by atoms with Crippen molar-refractivity contribution in [3.63, 3.8) is 0 Å². The number of amides is 1. The predicted octanol–water partition coefficient (Wildman–Crippen LogP) is -0.133. The van der Waals surface area contributed by atoms with E-state index in [4.69, 9.17) is 4.74 Å². The van der Waals surface area contributed by atoms with Gasteiger partial charge in [0.15, 0.2) is 0 Å². The summed E-state index contributed by atoms with van der Waals surface area (Å²) >= 11 is 0. The molecule has 1 N–H and O–H groups in total. The first-order chi connectivity index (χ1) is 13.3. The zero-order chi connectivity index (χ0) is 20.1. The average molecular weight is 387 g/mol. The van der Waals surface area contributed by atoms with Crippen LogP contribution in [0.2, 0.25) is 0 Å². The summed E-state index contributed by atoms with van der Waals surface area (Å²) in [5.74, 6) is -0.196. The highest BCUT2D eigenvalue weighted by atomic mass is 16.5. The molecule has 28 heavy (non-hydrogen) atoms. The van der Waals surface area contributed by atoms with Gasteiger partial charge in [0.05, 0.1) is 10.9 Å². The molecule has 2 aliphatic heterocycles. The lowest BCUT2D eigenvalue weighted by molar-refractivity contribution is -0.0543. The number of rotatable bonds is 1. The lowest BCUT2D eigenvalue weighted by atomic mass is 9.85. The third-order valence-electron chi connectivity index (χ3n) is 6.14. The first kappa shape index (κ1) is 18.8. The number of aryl methyl sites for hydroxylation is 2. The van der Waals surface area contributed by atoms with E-state index in [-0.39, 0.29) is 22.5 Å². The first-order valence-corrected chi connectivity index (χ1v) is 9.51. The minimum atomic E-state index is -0.580. The normalized spacial score (nSPS) is 20.0. The molecule has 9 nitrogen and oxygen atoms in total. The molecule has 2 aromatic rings. The van der Waals surface area contributed by atoms with Gasteiger partial charge < -0.3 is 9.64 Å². The summed E-state index contributed by atoms with van der Waals surface area (Å²) < 4.78 is 6.79. The summed E-state index contributed by atoms with van der Waals surface area (Å²) in [7, 11) is 3.63. The number of piperazine rings is 1. The summed E-state index contributed by atoms with van der Waals surface area (Å²) in [6.07, 6.45) is 1.75. The average Bonchev–Trinajstić information content (AvgIpc) is 2.68. The molecular formula is C19H25N5O4. The van der Waals surface area contributed by atoms with Gasteiger partial charge in [0.1, 0.15) is 5.65 Å². The van der Waals surface area contributed by atoms with E-state index in [1.807, 2.05) is 4.90 Å². The molecule has 0 aliphatic carbocycles. The van der Waals surface area contributed by atoms with Gasteiger partial charge in [0, 0.05) is 51.1 Å². The molecule has 4 rings (SSSR count). The van der Waals surface area contributed by atoms with E-state index in [1.54, 1.807) is 13.0 Å². The molecule has 150 valence electrons. The highest BCUT2D eigenvalue weighted by molar-refractivity contribution is 6.05. The van der Waals surface area contributed by atoms with Crippen molar-refractivity contribution in [2.24, 2.45) is 7.05 Å². The summed E-state index contributed by atoms with van der Waals surface area (Å²) in [6.45, 7) is 5.08. The Labute approximate surface area is 161 Å². The van der Waals surface area contributed by atoms with Crippen molar-refractivity contribution in [1.29, 1.82) is 0 Å². The molecule has 4 heterocycles. The number of ether oxygens (including phenoxy) is 1. The van der Waals surface area contributed by atoms with Gasteiger partial charge in [-0.15, -0.1) is 0 Å². The van der Waals surface area contributed by atoms with Crippen molar-refractivity contribution in [2.75, 3.05) is 39.9 Å². The number of aromatic nitrogens is 3. The van der Waals surface area contributed by atoms with Gasteiger partial charge in [-0.2, -0.15) is 0 Å². The first-order valence-electron chi connectivity index (χ1n) is 9.51. The Kier molecular flexibility index (Phi) is 4.59. The molecule has 2 saturated heterocycles. The second kappa shape index (κ2) is 6.82. The summed E-state index contributed by atoms with van der Waals surface area (Å²) in [5.41, 5.74) is -0.105. The van der Waals surface area contributed by atoms with E-state index in [0.717, 1.165) is 19.4 Å². The van der Waals surface area contributed by atoms with Crippen molar-refractivity contribution in [3.8, 4) is 0 Å². The smallest absolute Gasteiger partial charge is 0.329 e. The van der Waals surface area contributed by atoms with Crippen LogP contribution in [-0.4, -0.2) is 75.7 Å². The van der Waals surface area contributed by atoms with Crippen molar-refractivity contribution < 1.29 is 9.53 Å². The van der Waals surface area contributed by atoms with Gasteiger partial charge in [0.2, 0.25) is 0 Å². The molecule has 1 amide bonds. The maximum atomic E-state index is 13.5. The van der Waals surface area contributed by atoms with Crippen LogP contribution in [0.4, 0.5) is 0 Å². The predicted molar refractivity (Wildman–Crippen MR) is 104 cm³/mol. The standard InChI is InChI=1S/C19H25N5O4/c1-12-10-13(14-15(20-12)23(3)18(27)21-16(14)25)17(26)24-7-6-22(2)19(11-24)4-8-28-9-5-19/h10H,4-9,11H2,1-3H3,(H,21,25,27). The fraction of sp³-hybridized carbons (Fsp3) is 0.579. The van der Waals surface area contributed by atoms with E-state index in [1.165, 1.54) is 11.6 Å². The van der Waals surface area contributed by atoms with Crippen LogP contribution in [-0.2, 0) is 11.8 Å². The molecule has 9 heteroatoms. The summed E-state index contributed by atoms with van der Waals surface area (Å²) in [6, 6.07) is 1.64. The molecule has 0 bridgehead atoms. The molecule has 2 aliphatic rings. The van der Waals surface area contributed by atoms with Crippen molar-refractivity contribution in [2.45, 2.75) is 25.3 Å². The Hall–Kier alpha value is -2.52. The number of carbonyl (C=O) groups excluding carboxylic acids is 1. The van der Waals surface area contributed by atoms with Gasteiger partial charge in [-0.25, -0.2) is 9.78 Å². The minimum absolute atomic E-state index is 0.0939. The fourth-order valence-electron chi connectivity index (χ4n) is 4.33. The number of likely N-dealkylation sites (N-methyl/N-ethyl adjacent to an activating group) is 1. The number of nitrogens with zero attached hydrogens (tertiary/aromatic N) is 4. The zero-order valence-electron chi connectivity index (χ0n) is 16.4. The number of nitrogens with one attached hydrogen (secondary N) is 1. The molecule has 0 aromatic carbocycles. The maximum absolute atomic E-state index is 13.5. The fourth-order valence-corrected chi connectivity index (χ4v) is 4.33. The molecule has 0 radical (unpaired) electrons. The van der Waals surface area contributed by atoms with Crippen molar-refractivity contribution >= 4 is 16.9 Å². The van der Waals surface area contributed by atoms with Crippen molar-refractivity contribution in [1.82, 2.24) is 24.3 Å². The number of H-pyrrole nitrogens is 1. The third kappa shape index (κ3) is 2.94. The van der Waals surface area contributed by atoms with Crippen LogP contribution in [0.3, 0.4) is 0 Å². The largest absolute Gasteiger partial charge is 0.381 e. The van der Waals surface area contributed by atoms with E-state index < -0.39 is 11.2 Å². The van der Waals surface area contributed by atoms with Crippen LogP contribution < -0.4 is 11.2 Å². The number of aromatic amines is 1. The minimum Gasteiger partial charge on any atom is -0.381 e. The summed E-state index contributed by atoms with van der Waals surface area (Å²) in [5, 5.41) is 0.164. The molecular weight excluding hydrogens is 362 g/mol. The van der Waals surface area contributed by atoms with Crippen molar-refractivity contribution in [3.05, 3.63) is 38.2 Å². The Morgan fingerprint density at radius 2 is 1.93 bits per heavy atom. The van der Waals surface area contributed by atoms with E-state index in [2.05, 4.69) is 21.9 Å². The van der Waals surface area contributed by atoms with Gasteiger partial charge in [-0.3, -0.25) is 24.0 Å². The van der Waals surface area contributed by atoms with Crippen LogP contribution in [0.15, 0.2) is 15.7 Å². The van der Waals surface area contributed by atoms with Gasteiger partial charge in [-0.05, 0) is 32.9 Å². The number of fused-ring (bicyclic) bond motifs is 1. The van der Waals surface area contributed by atoms with Gasteiger partial charge in [0.25, 0.3) is 11.5 Å². The number of hydrogen-bond acceptors (Lipinski definition) is 6. The highest BCUT2D eigenvalue weighted by Crippen LogP contribution is 2.31. The van der Waals surface area contributed by atoms with Crippen LogP contribution in [0.5, 0.6) is 0 Å². The monoisotopic (exact) mass is 387 g/mol. The van der Waals surface area contributed by atoms with Crippen LogP contribution in [0.1, 0.15) is 28.9 Å². The molecule has 0 atom stereocenters. The second-order valence-corrected chi connectivity index (χ2v) is 7.81. The maximum Gasteiger partial charge on any atom is 0.329 e. The second-order valence-electron chi connectivity index (χ2n) is 7.81. The van der Waals surface area contributed by atoms with Crippen LogP contribution in [0, 0.1) is 6.92 Å². The molecule has 0 saturated carbocycles. The highest BCUT2D eigenvalue weighted by Gasteiger charge is 2.42. The number of carbonyl (C=O) groups is 1. The summed E-state index contributed by atoms with van der Waals surface area (Å²) in [4.78, 5) is 48.7. The Morgan fingerprint density at radius 1 is 1.21 bits per heavy atom. The van der Waals surface area contributed by atoms with Gasteiger partial charge >= 0.3 is 5.69 Å². The van der Waals surface area contributed by atoms with E-state index in [9.17, 15) is 14.4 Å². The third-order valence-corrected chi connectivity index (χ3v) is 6.14. The molecule has 0 unspecified atom stereocenters.